The van der Waals surface area contributed by atoms with Crippen molar-refractivity contribution in [1.82, 2.24) is 9.88 Å². The maximum absolute atomic E-state index is 13.0. The van der Waals surface area contributed by atoms with E-state index in [0.717, 1.165) is 12.0 Å². The van der Waals surface area contributed by atoms with Crippen LogP contribution >= 0.6 is 0 Å². The molecule has 0 N–H and O–H groups in total. The van der Waals surface area contributed by atoms with Crippen molar-refractivity contribution < 1.29 is 9.53 Å². The van der Waals surface area contributed by atoms with Crippen LogP contribution in [-0.4, -0.2) is 28.9 Å². The number of benzene rings is 2. The van der Waals surface area contributed by atoms with Gasteiger partial charge in [-0.15, -0.1) is 0 Å². The van der Waals surface area contributed by atoms with Crippen molar-refractivity contribution in [3.05, 3.63) is 95.3 Å². The molecular weight excluding hydrogens is 336 g/mol. The quantitative estimate of drug-likeness (QED) is 0.709. The summed E-state index contributed by atoms with van der Waals surface area (Å²) in [7, 11) is 0. The van der Waals surface area contributed by atoms with Gasteiger partial charge in [-0.3, -0.25) is 9.78 Å². The molecule has 27 heavy (non-hydrogen) atoms. The molecular formula is C23H22N2O2. The van der Waals surface area contributed by atoms with Gasteiger partial charge >= 0.3 is 0 Å². The van der Waals surface area contributed by atoms with Crippen molar-refractivity contribution in [2.24, 2.45) is 0 Å². The van der Waals surface area contributed by atoms with Gasteiger partial charge in [0.2, 0.25) is 0 Å². The molecule has 3 aromatic rings. The summed E-state index contributed by atoms with van der Waals surface area (Å²) in [5.41, 5.74) is 4.74. The van der Waals surface area contributed by atoms with Crippen LogP contribution in [0.4, 0.5) is 0 Å². The van der Waals surface area contributed by atoms with E-state index in [4.69, 9.17) is 4.74 Å². The number of hydrogen-bond acceptors (Lipinski definition) is 3. The van der Waals surface area contributed by atoms with Gasteiger partial charge in [-0.1, -0.05) is 48.0 Å². The molecule has 0 spiro atoms. The number of para-hydroxylation sites is 1. The Hall–Kier alpha value is -3.14. The highest BCUT2D eigenvalue weighted by atomic mass is 16.5. The van der Waals surface area contributed by atoms with Crippen molar-refractivity contribution in [1.29, 1.82) is 0 Å². The van der Waals surface area contributed by atoms with Crippen molar-refractivity contribution >= 4 is 5.91 Å². The number of fused-ring (bicyclic) bond motifs is 1. The third kappa shape index (κ3) is 3.70. The van der Waals surface area contributed by atoms with Gasteiger partial charge in [-0.05, 0) is 48.2 Å². The lowest BCUT2D eigenvalue weighted by Crippen LogP contribution is -2.43. The second-order valence-electron chi connectivity index (χ2n) is 6.83. The molecule has 2 heterocycles. The molecule has 4 nitrogen and oxygen atoms in total. The average Bonchev–Trinajstić information content (AvgIpc) is 2.72. The van der Waals surface area contributed by atoms with E-state index in [1.165, 1.54) is 16.7 Å². The molecule has 4 heteroatoms. The number of carbonyl (C=O) groups is 1. The molecule has 0 radical (unpaired) electrons. The maximum Gasteiger partial charge on any atom is 0.261 e. The van der Waals surface area contributed by atoms with Crippen LogP contribution < -0.4 is 4.74 Å². The standard InChI is InChI=1S/C23H22N2O2/c1-17-9-10-21-18(14-17)11-13-25(23(21)19-6-5-12-24-15-19)22(26)16-27-20-7-3-2-4-8-20/h2-10,12,14-15,23H,11,13,16H2,1H3. The Morgan fingerprint density at radius 3 is 2.78 bits per heavy atom. The molecule has 1 aliphatic rings. The van der Waals surface area contributed by atoms with E-state index in [0.29, 0.717) is 12.3 Å². The third-order valence-corrected chi connectivity index (χ3v) is 4.95. The molecule has 1 unspecified atom stereocenters. The summed E-state index contributed by atoms with van der Waals surface area (Å²) in [4.78, 5) is 19.2. The predicted molar refractivity (Wildman–Crippen MR) is 105 cm³/mol. The van der Waals surface area contributed by atoms with E-state index >= 15 is 0 Å². The molecule has 1 atom stereocenters. The number of nitrogens with zero attached hydrogens (tertiary/aromatic N) is 2. The molecule has 4 rings (SSSR count). The summed E-state index contributed by atoms with van der Waals surface area (Å²) >= 11 is 0. The Morgan fingerprint density at radius 2 is 2.00 bits per heavy atom. The molecule has 0 saturated heterocycles. The van der Waals surface area contributed by atoms with Gasteiger partial charge in [-0.2, -0.15) is 0 Å². The monoisotopic (exact) mass is 358 g/mol. The predicted octanol–water partition coefficient (Wildman–Crippen LogP) is 3.94. The highest BCUT2D eigenvalue weighted by Crippen LogP contribution is 2.35. The highest BCUT2D eigenvalue weighted by Gasteiger charge is 2.32. The van der Waals surface area contributed by atoms with Crippen LogP contribution in [0.3, 0.4) is 0 Å². The van der Waals surface area contributed by atoms with Crippen molar-refractivity contribution in [2.75, 3.05) is 13.2 Å². The number of pyridine rings is 1. The maximum atomic E-state index is 13.0. The Labute approximate surface area is 159 Å². The van der Waals surface area contributed by atoms with E-state index < -0.39 is 0 Å². The minimum atomic E-state index is -0.130. The first-order valence-electron chi connectivity index (χ1n) is 9.19. The lowest BCUT2D eigenvalue weighted by atomic mass is 9.88. The van der Waals surface area contributed by atoms with Gasteiger partial charge < -0.3 is 9.64 Å². The van der Waals surface area contributed by atoms with Crippen LogP contribution in [0.2, 0.25) is 0 Å². The Bertz CT molecular complexity index is 926. The average molecular weight is 358 g/mol. The van der Waals surface area contributed by atoms with Crippen LogP contribution in [0.15, 0.2) is 73.1 Å². The van der Waals surface area contributed by atoms with Crippen LogP contribution in [0.25, 0.3) is 0 Å². The topological polar surface area (TPSA) is 42.4 Å². The SMILES string of the molecule is Cc1ccc2c(c1)CCN(C(=O)COc1ccccc1)C2c1cccnc1. The molecule has 2 aromatic carbocycles. The largest absolute Gasteiger partial charge is 0.484 e. The molecule has 1 amide bonds. The minimum Gasteiger partial charge on any atom is -0.484 e. The fraction of sp³-hybridized carbons (Fsp3) is 0.217. The van der Waals surface area contributed by atoms with Gasteiger partial charge in [0.25, 0.3) is 5.91 Å². The second kappa shape index (κ2) is 7.62. The molecule has 0 bridgehead atoms. The lowest BCUT2D eigenvalue weighted by molar-refractivity contribution is -0.135. The van der Waals surface area contributed by atoms with Gasteiger partial charge in [0, 0.05) is 18.9 Å². The van der Waals surface area contributed by atoms with E-state index in [9.17, 15) is 4.79 Å². The second-order valence-corrected chi connectivity index (χ2v) is 6.83. The first-order valence-corrected chi connectivity index (χ1v) is 9.19. The molecule has 1 aromatic heterocycles. The van der Waals surface area contributed by atoms with Crippen molar-refractivity contribution in [3.8, 4) is 5.75 Å². The van der Waals surface area contributed by atoms with Gasteiger partial charge in [0.1, 0.15) is 5.75 Å². The molecule has 0 fully saturated rings. The Balaban J connectivity index is 1.62. The summed E-state index contributed by atoms with van der Waals surface area (Å²) < 4.78 is 5.71. The zero-order chi connectivity index (χ0) is 18.6. The van der Waals surface area contributed by atoms with Gasteiger partial charge in [0.15, 0.2) is 6.61 Å². The molecule has 1 aliphatic heterocycles. The Kier molecular flexibility index (Phi) is 4.88. The van der Waals surface area contributed by atoms with Crippen molar-refractivity contribution in [2.45, 2.75) is 19.4 Å². The van der Waals surface area contributed by atoms with Crippen LogP contribution in [-0.2, 0) is 11.2 Å². The number of aromatic nitrogens is 1. The number of ether oxygens (including phenoxy) is 1. The van der Waals surface area contributed by atoms with E-state index in [1.807, 2.05) is 53.6 Å². The minimum absolute atomic E-state index is 0.0149. The molecule has 0 saturated carbocycles. The Morgan fingerprint density at radius 1 is 1.15 bits per heavy atom. The number of rotatable bonds is 4. The normalized spacial score (nSPS) is 15.9. The van der Waals surface area contributed by atoms with Gasteiger partial charge in [-0.25, -0.2) is 0 Å². The van der Waals surface area contributed by atoms with E-state index in [-0.39, 0.29) is 18.6 Å². The number of carbonyl (C=O) groups excluding carboxylic acids is 1. The zero-order valence-corrected chi connectivity index (χ0v) is 15.3. The first-order chi connectivity index (χ1) is 13.2. The van der Waals surface area contributed by atoms with E-state index in [2.05, 4.69) is 30.1 Å². The molecule has 0 aliphatic carbocycles. The summed E-state index contributed by atoms with van der Waals surface area (Å²) in [6, 6.07) is 19.7. The fourth-order valence-corrected chi connectivity index (χ4v) is 3.67. The van der Waals surface area contributed by atoms with Crippen LogP contribution in [0, 0.1) is 6.92 Å². The smallest absolute Gasteiger partial charge is 0.261 e. The summed E-state index contributed by atoms with van der Waals surface area (Å²) in [5, 5.41) is 0. The number of aryl methyl sites for hydroxylation is 1. The number of amides is 1. The van der Waals surface area contributed by atoms with Crippen LogP contribution in [0.1, 0.15) is 28.3 Å². The van der Waals surface area contributed by atoms with Gasteiger partial charge in [0.05, 0.1) is 6.04 Å². The summed E-state index contributed by atoms with van der Waals surface area (Å²) in [6.45, 7) is 2.81. The van der Waals surface area contributed by atoms with E-state index in [1.54, 1.807) is 6.20 Å². The fourth-order valence-electron chi connectivity index (χ4n) is 3.67. The molecule has 136 valence electrons. The zero-order valence-electron chi connectivity index (χ0n) is 15.3. The summed E-state index contributed by atoms with van der Waals surface area (Å²) in [6.07, 6.45) is 4.45. The summed E-state index contributed by atoms with van der Waals surface area (Å²) in [5.74, 6) is 0.691. The lowest BCUT2D eigenvalue weighted by Gasteiger charge is -2.37. The highest BCUT2D eigenvalue weighted by molar-refractivity contribution is 5.79. The van der Waals surface area contributed by atoms with Crippen molar-refractivity contribution in [3.63, 3.8) is 0 Å². The number of hydrogen-bond donors (Lipinski definition) is 0. The van der Waals surface area contributed by atoms with Crippen LogP contribution in [0.5, 0.6) is 5.75 Å². The first kappa shape index (κ1) is 17.3. The third-order valence-electron chi connectivity index (χ3n) is 4.95.